The first kappa shape index (κ1) is 48.2. The zero-order chi connectivity index (χ0) is 51.6. The first-order chi connectivity index (χ1) is 38.2. The lowest BCUT2D eigenvalue weighted by Gasteiger charge is -2.34. The van der Waals surface area contributed by atoms with Crippen LogP contribution in [0.1, 0.15) is 22.6 Å². The number of rotatable bonds is 16. The van der Waals surface area contributed by atoms with E-state index in [2.05, 4.69) is 354 Å². The van der Waals surface area contributed by atoms with Crippen LogP contribution in [0.4, 0.5) is 51.2 Å². The van der Waals surface area contributed by atoms with Crippen LogP contribution in [0.25, 0.3) is 0 Å². The molecule has 0 aliphatic heterocycles. The van der Waals surface area contributed by atoms with Gasteiger partial charge in [0.25, 0.3) is 0 Å². The van der Waals surface area contributed by atoms with Gasteiger partial charge >= 0.3 is 0 Å². The van der Waals surface area contributed by atoms with Gasteiger partial charge in [0.05, 0.1) is 0 Å². The zero-order valence-corrected chi connectivity index (χ0v) is 43.8. The molecule has 0 heterocycles. The lowest BCUT2D eigenvalue weighted by Crippen LogP contribution is -2.74. The number of hydrogen-bond donors (Lipinski definition) is 0. The Bertz CT molecular complexity index is 3470. The van der Waals surface area contributed by atoms with Crippen molar-refractivity contribution in [3.63, 3.8) is 0 Å². The molecule has 0 amide bonds. The van der Waals surface area contributed by atoms with E-state index in [-0.39, 0.29) is 5.92 Å². The Morgan fingerprint density at radius 1 is 0.182 bits per heavy atom. The zero-order valence-electron chi connectivity index (χ0n) is 42.8. The molecule has 0 saturated heterocycles. The fourth-order valence-electron chi connectivity index (χ4n) is 11.2. The lowest BCUT2D eigenvalue weighted by atomic mass is 9.85. The van der Waals surface area contributed by atoms with Crippen molar-refractivity contribution in [3.05, 3.63) is 356 Å². The molecular weight excluding hydrogens is 947 g/mol. The van der Waals surface area contributed by atoms with Gasteiger partial charge in [-0.3, -0.25) is 0 Å². The van der Waals surface area contributed by atoms with Crippen LogP contribution in [0.3, 0.4) is 0 Å². The van der Waals surface area contributed by atoms with E-state index in [1.165, 1.54) is 37.4 Å². The molecule has 0 fully saturated rings. The van der Waals surface area contributed by atoms with Crippen LogP contribution in [0.15, 0.2) is 340 Å². The molecule has 0 bridgehead atoms. The highest BCUT2D eigenvalue weighted by Gasteiger charge is 2.41. The van der Waals surface area contributed by atoms with E-state index >= 15 is 0 Å². The normalized spacial score (nSPS) is 11.6. The highest BCUT2D eigenvalue weighted by Crippen LogP contribution is 2.44. The second-order valence-electron chi connectivity index (χ2n) is 19.3. The summed E-state index contributed by atoms with van der Waals surface area (Å²) in [5, 5.41) is 5.44. The number of hydrogen-bond acceptors (Lipinski definition) is 3. The average molecular weight is 1000 g/mol. The second kappa shape index (κ2) is 22.4. The van der Waals surface area contributed by atoms with Crippen molar-refractivity contribution in [2.75, 3.05) is 14.7 Å². The van der Waals surface area contributed by atoms with Crippen molar-refractivity contribution in [2.45, 2.75) is 5.92 Å². The molecule has 0 aliphatic rings. The summed E-state index contributed by atoms with van der Waals surface area (Å²) in [7, 11) is -2.71. The molecule has 3 nitrogen and oxygen atoms in total. The van der Waals surface area contributed by atoms with Crippen molar-refractivity contribution < 1.29 is 0 Å². The molecule has 77 heavy (non-hydrogen) atoms. The van der Waals surface area contributed by atoms with Gasteiger partial charge in [-0.2, -0.15) is 0 Å². The largest absolute Gasteiger partial charge is 0.310 e. The molecule has 1 atom stereocenters. The van der Waals surface area contributed by atoms with Crippen molar-refractivity contribution >= 4 is 80.0 Å². The Hall–Kier alpha value is -9.74. The molecule has 0 saturated carbocycles. The quantitative estimate of drug-likeness (QED) is 0.0705. The van der Waals surface area contributed by atoms with Gasteiger partial charge in [-0.15, -0.1) is 0 Å². The predicted molar refractivity (Wildman–Crippen MR) is 328 cm³/mol. The van der Waals surface area contributed by atoms with Crippen molar-refractivity contribution in [1.29, 1.82) is 0 Å². The van der Waals surface area contributed by atoms with E-state index in [0.29, 0.717) is 0 Å². The van der Waals surface area contributed by atoms with Gasteiger partial charge in [-0.05, 0) is 134 Å². The summed E-state index contributed by atoms with van der Waals surface area (Å²) < 4.78 is 0. The average Bonchev–Trinajstić information content (AvgIpc) is 3.51. The summed E-state index contributed by atoms with van der Waals surface area (Å²) in [4.78, 5) is 7.05. The van der Waals surface area contributed by atoms with Crippen LogP contribution in [0.2, 0.25) is 0 Å². The fraction of sp³-hybridized carbons (Fsp3) is 0.0137. The van der Waals surface area contributed by atoms with Crippen LogP contribution < -0.4 is 35.4 Å². The van der Waals surface area contributed by atoms with Gasteiger partial charge in [0.2, 0.25) is 0 Å². The topological polar surface area (TPSA) is 9.72 Å². The summed E-state index contributed by atoms with van der Waals surface area (Å²) in [5.74, 6) is -0.0174. The minimum atomic E-state index is -2.71. The van der Waals surface area contributed by atoms with E-state index in [1.54, 1.807) is 0 Å². The lowest BCUT2D eigenvalue weighted by molar-refractivity contribution is 0.977. The number of nitrogens with zero attached hydrogens (tertiary/aromatic N) is 3. The summed E-state index contributed by atoms with van der Waals surface area (Å²) in [6.45, 7) is 0. The molecule has 12 aromatic rings. The number of anilines is 9. The molecule has 4 heteroatoms. The van der Waals surface area contributed by atoms with Gasteiger partial charge in [-0.25, -0.2) is 0 Å². The maximum atomic E-state index is 2.42. The van der Waals surface area contributed by atoms with E-state index in [4.69, 9.17) is 0 Å². The SMILES string of the molecule is c1ccc(C(c2ccc(N(c3cccc(N(c4ccccc4)c4ccccc4)c3)c3cccc(N(c4ccccc4)c4ccccc4)c3)cc2)c2ccc([Si](c3ccccc3)(c3ccccc3)c3ccccc3)cc2)cc1. The molecular formula is C73H57N3Si. The minimum Gasteiger partial charge on any atom is -0.310 e. The van der Waals surface area contributed by atoms with E-state index in [0.717, 1.165) is 51.2 Å². The molecule has 368 valence electrons. The van der Waals surface area contributed by atoms with Crippen LogP contribution in [0, 0.1) is 0 Å². The molecule has 0 spiro atoms. The molecule has 1 unspecified atom stereocenters. The van der Waals surface area contributed by atoms with Gasteiger partial charge in [0, 0.05) is 57.1 Å². The van der Waals surface area contributed by atoms with Crippen molar-refractivity contribution in [3.8, 4) is 0 Å². The molecule has 0 radical (unpaired) electrons. The number of para-hydroxylation sites is 4. The minimum absolute atomic E-state index is 0.0174. The Labute approximate surface area is 454 Å². The first-order valence-electron chi connectivity index (χ1n) is 26.4. The predicted octanol–water partition coefficient (Wildman–Crippen LogP) is 16.7. The summed E-state index contributed by atoms with van der Waals surface area (Å²) in [6.07, 6.45) is 0. The van der Waals surface area contributed by atoms with E-state index in [9.17, 15) is 0 Å². The molecule has 12 rings (SSSR count). The van der Waals surface area contributed by atoms with Crippen molar-refractivity contribution in [1.82, 2.24) is 0 Å². The first-order valence-corrected chi connectivity index (χ1v) is 28.4. The molecule has 0 aromatic heterocycles. The Balaban J connectivity index is 0.986. The highest BCUT2D eigenvalue weighted by atomic mass is 28.3. The Kier molecular flexibility index (Phi) is 14.0. The molecule has 0 aliphatic carbocycles. The van der Waals surface area contributed by atoms with Gasteiger partial charge < -0.3 is 14.7 Å². The third-order valence-electron chi connectivity index (χ3n) is 14.7. The monoisotopic (exact) mass is 1000 g/mol. The summed E-state index contributed by atoms with van der Waals surface area (Å²) in [6, 6.07) is 124. The summed E-state index contributed by atoms with van der Waals surface area (Å²) >= 11 is 0. The molecule has 12 aromatic carbocycles. The smallest absolute Gasteiger partial charge is 0.179 e. The van der Waals surface area contributed by atoms with Gasteiger partial charge in [-0.1, -0.05) is 243 Å². The summed E-state index contributed by atoms with van der Waals surface area (Å²) in [5.41, 5.74) is 13.3. The number of benzene rings is 12. The third kappa shape index (κ3) is 9.90. The fourth-order valence-corrected chi connectivity index (χ4v) is 16.0. The Morgan fingerprint density at radius 2 is 0.403 bits per heavy atom. The maximum Gasteiger partial charge on any atom is 0.179 e. The van der Waals surface area contributed by atoms with Crippen LogP contribution >= 0.6 is 0 Å². The van der Waals surface area contributed by atoms with Crippen LogP contribution in [0.5, 0.6) is 0 Å². The second-order valence-corrected chi connectivity index (χ2v) is 23.1. The highest BCUT2D eigenvalue weighted by molar-refractivity contribution is 7.19. The van der Waals surface area contributed by atoms with E-state index in [1.807, 2.05) is 0 Å². The van der Waals surface area contributed by atoms with Gasteiger partial charge in [0.15, 0.2) is 8.07 Å². The van der Waals surface area contributed by atoms with Crippen LogP contribution in [-0.4, -0.2) is 8.07 Å². The van der Waals surface area contributed by atoms with Crippen LogP contribution in [-0.2, 0) is 0 Å². The van der Waals surface area contributed by atoms with Crippen molar-refractivity contribution in [2.24, 2.45) is 0 Å². The Morgan fingerprint density at radius 3 is 0.727 bits per heavy atom. The molecule has 0 N–H and O–H groups in total. The maximum absolute atomic E-state index is 2.71. The third-order valence-corrected chi connectivity index (χ3v) is 19.5. The van der Waals surface area contributed by atoms with Gasteiger partial charge in [0.1, 0.15) is 0 Å². The van der Waals surface area contributed by atoms with E-state index < -0.39 is 8.07 Å². The standard InChI is InChI=1S/C73H57N3Si/c1-9-27-57(28-10-1)73(59-49-53-72(54-50-59)77(69-41-19-6-20-42-69,70-43-21-7-22-44-70)71-45-23-8-24-46-71)58-47-51-64(52-48-58)76(67-39-25-37-65(55-67)74(60-29-11-2-12-30-60)61-31-13-3-14-32-61)68-40-26-38-66(56-68)75(62-33-15-4-16-34-62)63-35-17-5-18-36-63/h1-56,73H.